The Kier molecular flexibility index (Phi) is 7.14. The predicted molar refractivity (Wildman–Crippen MR) is 114 cm³/mol. The number of amides is 1. The third-order valence-electron chi connectivity index (χ3n) is 4.75. The quantitative estimate of drug-likeness (QED) is 0.556. The molecule has 2 unspecified atom stereocenters. The van der Waals surface area contributed by atoms with Gasteiger partial charge in [-0.15, -0.1) is 0 Å². The average molecular weight is 445 g/mol. The number of carbonyl (C=O) groups excluding carboxylic acids is 1. The lowest BCUT2D eigenvalue weighted by Crippen LogP contribution is -2.48. The van der Waals surface area contributed by atoms with E-state index in [0.29, 0.717) is 5.56 Å². The van der Waals surface area contributed by atoms with Gasteiger partial charge in [-0.25, -0.2) is 17.2 Å². The highest BCUT2D eigenvalue weighted by atomic mass is 32.2. The van der Waals surface area contributed by atoms with Gasteiger partial charge in [0.05, 0.1) is 10.9 Å². The minimum absolute atomic E-state index is 0.114. The van der Waals surface area contributed by atoms with Gasteiger partial charge in [-0.1, -0.05) is 42.5 Å². The van der Waals surface area contributed by atoms with Gasteiger partial charge in [0.15, 0.2) is 0 Å². The molecule has 8 heteroatoms. The molecule has 2 atom stereocenters. The third-order valence-corrected chi connectivity index (χ3v) is 6.24. The molecule has 1 amide bonds. The first-order valence-corrected chi connectivity index (χ1v) is 11.1. The molecular weight excluding hydrogens is 422 g/mol. The van der Waals surface area contributed by atoms with Crippen molar-refractivity contribution in [1.29, 1.82) is 0 Å². The van der Waals surface area contributed by atoms with Crippen molar-refractivity contribution >= 4 is 15.9 Å². The summed E-state index contributed by atoms with van der Waals surface area (Å²) in [5.41, 5.74) is 1.44. The fourth-order valence-electron chi connectivity index (χ4n) is 3.06. The number of nitrogens with one attached hydrogen (secondary N) is 2. The number of rotatable bonds is 8. The van der Waals surface area contributed by atoms with E-state index in [2.05, 4.69) is 10.0 Å². The van der Waals surface area contributed by atoms with Gasteiger partial charge in [0.2, 0.25) is 15.9 Å². The Morgan fingerprint density at radius 1 is 0.871 bits per heavy atom. The van der Waals surface area contributed by atoms with E-state index in [1.54, 1.807) is 43.3 Å². The van der Waals surface area contributed by atoms with Crippen LogP contribution >= 0.6 is 0 Å². The van der Waals surface area contributed by atoms with E-state index in [4.69, 9.17) is 0 Å². The van der Waals surface area contributed by atoms with Crippen LogP contribution < -0.4 is 10.0 Å². The fourth-order valence-corrected chi connectivity index (χ4v) is 4.25. The second kappa shape index (κ2) is 9.80. The van der Waals surface area contributed by atoms with Crippen molar-refractivity contribution in [3.8, 4) is 0 Å². The summed E-state index contributed by atoms with van der Waals surface area (Å²) in [6, 6.07) is 17.4. The molecule has 0 aromatic heterocycles. The minimum Gasteiger partial charge on any atom is -0.348 e. The van der Waals surface area contributed by atoms with Gasteiger partial charge in [-0.05, 0) is 60.9 Å². The molecule has 162 valence electrons. The SMILES string of the molecule is CC(NC(=O)C(Cc1ccccc1)NS(=O)(=O)c1ccc(F)cc1)c1ccc(F)cc1. The fraction of sp³-hybridized carbons (Fsp3) is 0.174. The molecule has 3 aromatic rings. The van der Waals surface area contributed by atoms with Crippen LogP contribution in [0.5, 0.6) is 0 Å². The predicted octanol–water partition coefficient (Wildman–Crippen LogP) is 3.73. The summed E-state index contributed by atoms with van der Waals surface area (Å²) in [6.45, 7) is 1.72. The molecule has 0 bridgehead atoms. The first kappa shape index (κ1) is 22.6. The van der Waals surface area contributed by atoms with E-state index in [9.17, 15) is 22.0 Å². The monoisotopic (exact) mass is 444 g/mol. The van der Waals surface area contributed by atoms with Crippen LogP contribution in [-0.4, -0.2) is 20.4 Å². The van der Waals surface area contributed by atoms with Crippen LogP contribution in [0.1, 0.15) is 24.1 Å². The number of hydrogen-bond donors (Lipinski definition) is 2. The number of benzene rings is 3. The average Bonchev–Trinajstić information content (AvgIpc) is 2.74. The highest BCUT2D eigenvalue weighted by Crippen LogP contribution is 2.15. The number of halogens is 2. The zero-order valence-corrected chi connectivity index (χ0v) is 17.6. The van der Waals surface area contributed by atoms with Crippen LogP contribution in [0.4, 0.5) is 8.78 Å². The summed E-state index contributed by atoms with van der Waals surface area (Å²) in [7, 11) is -4.07. The Morgan fingerprint density at radius 3 is 2.00 bits per heavy atom. The Labute approximate surface area is 180 Å². The first-order valence-electron chi connectivity index (χ1n) is 9.62. The molecule has 0 spiro atoms. The molecule has 0 heterocycles. The van der Waals surface area contributed by atoms with Crippen molar-refractivity contribution in [3.05, 3.63) is 102 Å². The van der Waals surface area contributed by atoms with Gasteiger partial charge < -0.3 is 5.32 Å². The molecule has 31 heavy (non-hydrogen) atoms. The molecule has 0 saturated heterocycles. The summed E-state index contributed by atoms with van der Waals surface area (Å²) in [5, 5.41) is 2.77. The normalized spacial score (nSPS) is 13.4. The van der Waals surface area contributed by atoms with Gasteiger partial charge >= 0.3 is 0 Å². The van der Waals surface area contributed by atoms with Crippen molar-refractivity contribution in [2.45, 2.75) is 30.3 Å². The molecule has 0 aliphatic rings. The van der Waals surface area contributed by atoms with Gasteiger partial charge in [0.25, 0.3) is 0 Å². The van der Waals surface area contributed by atoms with Crippen LogP contribution in [0.3, 0.4) is 0 Å². The van der Waals surface area contributed by atoms with Crippen LogP contribution in [0.2, 0.25) is 0 Å². The van der Waals surface area contributed by atoms with Crippen LogP contribution in [0.25, 0.3) is 0 Å². The van der Waals surface area contributed by atoms with E-state index in [1.165, 1.54) is 12.1 Å². The van der Waals surface area contributed by atoms with Crippen molar-refractivity contribution in [2.24, 2.45) is 0 Å². The molecule has 5 nitrogen and oxygen atoms in total. The van der Waals surface area contributed by atoms with E-state index < -0.39 is 39.6 Å². The maximum Gasteiger partial charge on any atom is 0.241 e. The van der Waals surface area contributed by atoms with E-state index in [0.717, 1.165) is 29.8 Å². The second-order valence-corrected chi connectivity index (χ2v) is 8.81. The smallest absolute Gasteiger partial charge is 0.241 e. The van der Waals surface area contributed by atoms with Crippen molar-refractivity contribution < 1.29 is 22.0 Å². The Morgan fingerprint density at radius 2 is 1.42 bits per heavy atom. The highest BCUT2D eigenvalue weighted by molar-refractivity contribution is 7.89. The Balaban J connectivity index is 1.82. The van der Waals surface area contributed by atoms with E-state index in [1.807, 2.05) is 6.07 Å². The molecule has 3 aromatic carbocycles. The first-order chi connectivity index (χ1) is 14.7. The number of carbonyl (C=O) groups is 1. The molecular formula is C23H22F2N2O3S. The standard InChI is InChI=1S/C23H22F2N2O3S/c1-16(18-7-9-19(24)10-8-18)26-23(28)22(15-17-5-3-2-4-6-17)27-31(29,30)21-13-11-20(25)12-14-21/h2-14,16,22,27H,15H2,1H3,(H,26,28). The Bertz CT molecular complexity index is 1120. The number of hydrogen-bond acceptors (Lipinski definition) is 3. The topological polar surface area (TPSA) is 75.3 Å². The van der Waals surface area contributed by atoms with Crippen molar-refractivity contribution in [3.63, 3.8) is 0 Å². The lowest BCUT2D eigenvalue weighted by Gasteiger charge is -2.22. The minimum atomic E-state index is -4.07. The molecule has 0 radical (unpaired) electrons. The van der Waals surface area contributed by atoms with Crippen molar-refractivity contribution in [2.75, 3.05) is 0 Å². The lowest BCUT2D eigenvalue weighted by atomic mass is 10.0. The van der Waals surface area contributed by atoms with Gasteiger partial charge in [0.1, 0.15) is 17.7 Å². The zero-order valence-electron chi connectivity index (χ0n) is 16.8. The van der Waals surface area contributed by atoms with Crippen LogP contribution in [0, 0.1) is 11.6 Å². The van der Waals surface area contributed by atoms with Gasteiger partial charge in [-0.3, -0.25) is 4.79 Å². The molecule has 3 rings (SSSR count). The number of sulfonamides is 1. The van der Waals surface area contributed by atoms with Crippen LogP contribution in [-0.2, 0) is 21.2 Å². The highest BCUT2D eigenvalue weighted by Gasteiger charge is 2.27. The second-order valence-electron chi connectivity index (χ2n) is 7.10. The van der Waals surface area contributed by atoms with Gasteiger partial charge in [0, 0.05) is 0 Å². The molecule has 2 N–H and O–H groups in total. The summed E-state index contributed by atoms with van der Waals surface area (Å²) in [6.07, 6.45) is 0.114. The Hall–Kier alpha value is -3.10. The summed E-state index contributed by atoms with van der Waals surface area (Å²) in [4.78, 5) is 12.8. The van der Waals surface area contributed by atoms with Crippen molar-refractivity contribution in [1.82, 2.24) is 10.0 Å². The molecule has 0 fully saturated rings. The zero-order chi connectivity index (χ0) is 22.4. The van der Waals surface area contributed by atoms with Gasteiger partial charge in [-0.2, -0.15) is 4.72 Å². The molecule has 0 saturated carbocycles. The molecule has 0 aliphatic carbocycles. The maximum atomic E-state index is 13.2. The van der Waals surface area contributed by atoms with E-state index >= 15 is 0 Å². The summed E-state index contributed by atoms with van der Waals surface area (Å²) in [5.74, 6) is -1.49. The lowest BCUT2D eigenvalue weighted by molar-refractivity contribution is -0.123. The van der Waals surface area contributed by atoms with Crippen LogP contribution in [0.15, 0.2) is 83.8 Å². The summed E-state index contributed by atoms with van der Waals surface area (Å²) < 4.78 is 54.3. The van der Waals surface area contributed by atoms with E-state index in [-0.39, 0.29) is 11.3 Å². The largest absolute Gasteiger partial charge is 0.348 e. The third kappa shape index (κ3) is 6.19. The summed E-state index contributed by atoms with van der Waals surface area (Å²) >= 11 is 0. The maximum absolute atomic E-state index is 13.2. The molecule has 0 aliphatic heterocycles.